The maximum absolute atomic E-state index is 12.1. The summed E-state index contributed by atoms with van der Waals surface area (Å²) >= 11 is 0. The highest BCUT2D eigenvalue weighted by atomic mass is 19.4. The maximum atomic E-state index is 12.1. The number of allylic oxidation sites excluding steroid dienone is 1. The van der Waals surface area contributed by atoms with E-state index in [0.717, 1.165) is 0 Å². The van der Waals surface area contributed by atoms with Crippen LogP contribution in [0.2, 0.25) is 0 Å². The Kier molecular flexibility index (Phi) is 3.41. The van der Waals surface area contributed by atoms with Gasteiger partial charge in [0.25, 0.3) is 0 Å². The smallest absolute Gasteiger partial charge is 0.424 e. The monoisotopic (exact) mass is 250 g/mol. The largest absolute Gasteiger partial charge is 0.468 e. The fraction of sp³-hybridized carbons (Fsp3) is 0.750. The van der Waals surface area contributed by atoms with Crippen molar-refractivity contribution in [2.24, 2.45) is 0 Å². The second kappa shape index (κ2) is 4.15. The molecule has 1 rings (SSSR count). The van der Waals surface area contributed by atoms with E-state index in [-0.39, 0.29) is 6.61 Å². The molecule has 8 heteroatoms. The summed E-state index contributed by atoms with van der Waals surface area (Å²) in [6.07, 6.45) is -12.5. The average molecular weight is 250 g/mol. The molecule has 1 aliphatic rings. The van der Waals surface area contributed by atoms with Crippen molar-refractivity contribution in [1.82, 2.24) is 0 Å². The summed E-state index contributed by atoms with van der Waals surface area (Å²) in [5.41, 5.74) is -2.59. The Balaban J connectivity index is 2.85. The molecule has 0 aromatic carbocycles. The molecule has 1 unspecified atom stereocenters. The third-order valence-corrected chi connectivity index (χ3v) is 1.82. The summed E-state index contributed by atoms with van der Waals surface area (Å²) < 4.78 is 81.6. The van der Waals surface area contributed by atoms with Crippen LogP contribution in [0.3, 0.4) is 0 Å². The third-order valence-electron chi connectivity index (χ3n) is 1.82. The molecule has 0 radical (unpaired) electrons. The zero-order valence-electron chi connectivity index (χ0n) is 8.08. The number of alkyl halides is 6. The van der Waals surface area contributed by atoms with Crippen molar-refractivity contribution in [2.75, 3.05) is 6.61 Å². The van der Waals surface area contributed by atoms with Gasteiger partial charge in [-0.2, -0.15) is 26.3 Å². The molecule has 94 valence electrons. The first-order valence-electron chi connectivity index (χ1n) is 4.32. The van der Waals surface area contributed by atoms with Gasteiger partial charge in [-0.3, -0.25) is 0 Å². The van der Waals surface area contributed by atoms with E-state index < -0.39 is 36.4 Å². The summed E-state index contributed by atoms with van der Waals surface area (Å²) in [5, 5.41) is 0. The van der Waals surface area contributed by atoms with Crippen LogP contribution >= 0.6 is 0 Å². The predicted octanol–water partition coefficient (Wildman–Crippen LogP) is 3.15. The first-order chi connectivity index (χ1) is 7.16. The Hall–Kier alpha value is -0.920. The van der Waals surface area contributed by atoms with Crippen molar-refractivity contribution in [3.63, 3.8) is 0 Å². The highest BCUT2D eigenvalue weighted by Gasteiger charge is 2.55. The van der Waals surface area contributed by atoms with Crippen LogP contribution in [0.1, 0.15) is 13.3 Å². The van der Waals surface area contributed by atoms with Crippen molar-refractivity contribution in [1.29, 1.82) is 0 Å². The Bertz CT molecular complexity index is 266. The van der Waals surface area contributed by atoms with Crippen LogP contribution in [-0.4, -0.2) is 25.2 Å². The zero-order valence-corrected chi connectivity index (χ0v) is 8.08. The number of ether oxygens (including phenoxy) is 2. The topological polar surface area (TPSA) is 18.5 Å². The van der Waals surface area contributed by atoms with Gasteiger partial charge in [0, 0.05) is 6.61 Å². The fourth-order valence-corrected chi connectivity index (χ4v) is 1.22. The van der Waals surface area contributed by atoms with E-state index in [1.54, 1.807) is 6.92 Å². The van der Waals surface area contributed by atoms with E-state index in [1.165, 1.54) is 0 Å². The molecule has 0 spiro atoms. The normalized spacial score (nSPS) is 21.4. The maximum Gasteiger partial charge on any atom is 0.424 e. The summed E-state index contributed by atoms with van der Waals surface area (Å²) in [7, 11) is 0. The van der Waals surface area contributed by atoms with Crippen molar-refractivity contribution in [3.05, 3.63) is 11.3 Å². The number of halogens is 6. The summed E-state index contributed by atoms with van der Waals surface area (Å²) in [4.78, 5) is 0. The van der Waals surface area contributed by atoms with Crippen LogP contribution in [0.4, 0.5) is 26.3 Å². The number of rotatable bonds is 2. The summed E-state index contributed by atoms with van der Waals surface area (Å²) in [6.45, 7) is 1.71. The lowest BCUT2D eigenvalue weighted by Gasteiger charge is -2.33. The molecule has 0 aromatic rings. The minimum atomic E-state index is -5.47. The van der Waals surface area contributed by atoms with Gasteiger partial charge in [0.05, 0.1) is 6.42 Å². The lowest BCUT2D eigenvalue weighted by molar-refractivity contribution is -0.206. The number of hydrogen-bond donors (Lipinski definition) is 0. The fourth-order valence-electron chi connectivity index (χ4n) is 1.22. The van der Waals surface area contributed by atoms with Gasteiger partial charge in [0.2, 0.25) is 6.29 Å². The summed E-state index contributed by atoms with van der Waals surface area (Å²) in [5.74, 6) is -1.11. The van der Waals surface area contributed by atoms with Crippen LogP contribution in [0.15, 0.2) is 11.3 Å². The molecule has 0 aromatic heterocycles. The molecule has 1 fully saturated rings. The van der Waals surface area contributed by atoms with Gasteiger partial charge in [-0.15, -0.1) is 0 Å². The van der Waals surface area contributed by atoms with E-state index in [4.69, 9.17) is 4.74 Å². The van der Waals surface area contributed by atoms with E-state index in [9.17, 15) is 26.3 Å². The van der Waals surface area contributed by atoms with Crippen molar-refractivity contribution >= 4 is 0 Å². The molecule has 2 nitrogen and oxygen atoms in total. The highest BCUT2D eigenvalue weighted by Crippen LogP contribution is 2.45. The molecule has 0 N–H and O–H groups in total. The molecule has 16 heavy (non-hydrogen) atoms. The van der Waals surface area contributed by atoms with Gasteiger partial charge in [0.1, 0.15) is 5.76 Å². The van der Waals surface area contributed by atoms with Gasteiger partial charge < -0.3 is 9.47 Å². The molecular formula is C8H8F6O2. The highest BCUT2D eigenvalue weighted by molar-refractivity contribution is 5.23. The summed E-state index contributed by atoms with van der Waals surface area (Å²) in [6, 6.07) is 0. The van der Waals surface area contributed by atoms with Crippen LogP contribution in [0.25, 0.3) is 0 Å². The SMILES string of the molecule is CCOC1CC(=C(C(F)(F)F)C(F)(F)F)O1. The second-order valence-electron chi connectivity index (χ2n) is 3.00. The molecule has 1 atom stereocenters. The lowest BCUT2D eigenvalue weighted by atomic mass is 10.1. The van der Waals surface area contributed by atoms with Gasteiger partial charge in [0.15, 0.2) is 5.57 Å². The minimum Gasteiger partial charge on any atom is -0.468 e. The average Bonchev–Trinajstić information content (AvgIpc) is 1.95. The van der Waals surface area contributed by atoms with E-state index in [2.05, 4.69) is 4.74 Å². The van der Waals surface area contributed by atoms with Crippen LogP contribution in [0.5, 0.6) is 0 Å². The quantitative estimate of drug-likeness (QED) is 0.701. The van der Waals surface area contributed by atoms with Gasteiger partial charge >= 0.3 is 12.4 Å². The molecule has 1 saturated heterocycles. The zero-order chi connectivity index (χ0) is 12.6. The number of hydrogen-bond acceptors (Lipinski definition) is 2. The predicted molar refractivity (Wildman–Crippen MR) is 40.3 cm³/mol. The molecule has 0 saturated carbocycles. The van der Waals surface area contributed by atoms with Crippen molar-refractivity contribution in [3.8, 4) is 0 Å². The van der Waals surface area contributed by atoms with Crippen LogP contribution < -0.4 is 0 Å². The second-order valence-corrected chi connectivity index (χ2v) is 3.00. The van der Waals surface area contributed by atoms with Crippen LogP contribution in [0, 0.1) is 0 Å². The molecule has 0 amide bonds. The van der Waals surface area contributed by atoms with Crippen molar-refractivity contribution in [2.45, 2.75) is 32.0 Å². The first kappa shape index (κ1) is 13.1. The van der Waals surface area contributed by atoms with Crippen LogP contribution in [-0.2, 0) is 9.47 Å². The molecule has 1 heterocycles. The standard InChI is InChI=1S/C8H8F6O2/c1-2-15-5-3-4(16-5)6(7(9,10)11)8(12,13)14/h5H,2-3H2,1H3. The Morgan fingerprint density at radius 2 is 1.69 bits per heavy atom. The van der Waals surface area contributed by atoms with Gasteiger partial charge in [-0.1, -0.05) is 0 Å². The lowest BCUT2D eigenvalue weighted by Crippen LogP contribution is -2.36. The van der Waals surface area contributed by atoms with Crippen molar-refractivity contribution < 1.29 is 35.8 Å². The van der Waals surface area contributed by atoms with Gasteiger partial charge in [-0.05, 0) is 6.92 Å². The minimum absolute atomic E-state index is 0.158. The molecule has 0 aliphatic carbocycles. The molecule has 1 aliphatic heterocycles. The first-order valence-corrected chi connectivity index (χ1v) is 4.32. The van der Waals surface area contributed by atoms with E-state index in [1.807, 2.05) is 0 Å². The van der Waals surface area contributed by atoms with E-state index >= 15 is 0 Å². The van der Waals surface area contributed by atoms with Gasteiger partial charge in [-0.25, -0.2) is 0 Å². The Morgan fingerprint density at radius 3 is 2.00 bits per heavy atom. The molecule has 0 bridgehead atoms. The van der Waals surface area contributed by atoms with E-state index in [0.29, 0.717) is 0 Å². The molecular weight excluding hydrogens is 242 g/mol. The Morgan fingerprint density at radius 1 is 1.25 bits per heavy atom. The third kappa shape index (κ3) is 2.81. The Labute approximate surface area is 86.8 Å².